The van der Waals surface area contributed by atoms with Gasteiger partial charge in [0.2, 0.25) is 5.91 Å². The Morgan fingerprint density at radius 3 is 2.24 bits per heavy atom. The molecule has 0 saturated heterocycles. The number of nitrogens with one attached hydrogen (secondary N) is 3. The van der Waals surface area contributed by atoms with Crippen LogP contribution in [0.25, 0.3) is 10.8 Å². The fraction of sp³-hybridized carbons (Fsp3) is 0.423. The molecule has 0 spiro atoms. The van der Waals surface area contributed by atoms with Crippen LogP contribution < -0.4 is 21.7 Å². The Labute approximate surface area is 244 Å². The standard InChI is InChI=1S/C26H37BN4O8P2/c1-27-37-24(34)21(11-12-22(32)38-40)31-26(36)30-20(25(35)39-41)8-4-5-13-29-23(33)19(28)15-16-9-10-17-6-2-3-7-18(17)14-16/h2-3,6-7,9-10,14,19-21,27H,4-5,8,11-13,15,28,40-41H2,1H3,(H,29,33)(H2,30,31,36). The van der Waals surface area contributed by atoms with E-state index in [1.165, 1.54) is 0 Å². The fourth-order valence-electron chi connectivity index (χ4n) is 4.03. The molecular weight excluding hydrogens is 569 g/mol. The van der Waals surface area contributed by atoms with Gasteiger partial charge in [0, 0.05) is 13.0 Å². The lowest BCUT2D eigenvalue weighted by molar-refractivity contribution is -0.137. The van der Waals surface area contributed by atoms with Crippen molar-refractivity contribution in [3.63, 3.8) is 0 Å². The zero-order valence-electron chi connectivity index (χ0n) is 22.9. The van der Waals surface area contributed by atoms with Gasteiger partial charge in [-0.3, -0.25) is 14.4 Å². The lowest BCUT2D eigenvalue weighted by atomic mass is 10.0. The molecule has 12 nitrogen and oxygen atoms in total. The minimum absolute atomic E-state index is 0.0546. The molecule has 0 fully saturated rings. The molecule has 5 N–H and O–H groups in total. The first-order valence-electron chi connectivity index (χ1n) is 13.2. The van der Waals surface area contributed by atoms with Gasteiger partial charge in [-0.1, -0.05) is 49.3 Å². The second kappa shape index (κ2) is 18.2. The number of amides is 3. The lowest BCUT2D eigenvalue weighted by Crippen LogP contribution is -2.51. The molecular formula is C26H37BN4O8P2. The van der Waals surface area contributed by atoms with Gasteiger partial charge in [-0.25, -0.2) is 9.59 Å². The number of hydrogen-bond donors (Lipinski definition) is 4. The molecule has 41 heavy (non-hydrogen) atoms. The lowest BCUT2D eigenvalue weighted by Gasteiger charge is -2.21. The third-order valence-electron chi connectivity index (χ3n) is 6.18. The summed E-state index contributed by atoms with van der Waals surface area (Å²) in [5, 5.41) is 9.90. The highest BCUT2D eigenvalue weighted by molar-refractivity contribution is 7.11. The molecule has 5 unspecified atom stereocenters. The average molecular weight is 606 g/mol. The van der Waals surface area contributed by atoms with Gasteiger partial charge in [0.05, 0.1) is 25.0 Å². The molecule has 0 saturated carbocycles. The minimum Gasteiger partial charge on any atom is -0.539 e. The SMILES string of the molecule is CBOC(=O)C(CCC(=O)OP)NC(=O)NC(CCCCNC(=O)C(N)Cc1ccc2ccccc2c1)C(=O)OP. The molecule has 2 aromatic carbocycles. The van der Waals surface area contributed by atoms with Gasteiger partial charge >= 0.3 is 31.4 Å². The highest BCUT2D eigenvalue weighted by Crippen LogP contribution is 2.16. The fourth-order valence-corrected chi connectivity index (χ4v) is 4.31. The number of nitrogens with two attached hydrogens (primary N) is 1. The molecule has 3 amide bonds. The Hall–Kier alpha value is -3.27. The molecule has 2 aromatic rings. The van der Waals surface area contributed by atoms with E-state index in [2.05, 4.69) is 20.5 Å². The van der Waals surface area contributed by atoms with E-state index in [1.54, 1.807) is 6.82 Å². The topological polar surface area (TPSA) is 175 Å². The van der Waals surface area contributed by atoms with E-state index >= 15 is 0 Å². The number of benzene rings is 2. The number of urea groups is 1. The summed E-state index contributed by atoms with van der Waals surface area (Å²) < 4.78 is 14.1. The summed E-state index contributed by atoms with van der Waals surface area (Å²) in [6.07, 6.45) is 1.39. The predicted molar refractivity (Wildman–Crippen MR) is 162 cm³/mol. The van der Waals surface area contributed by atoms with Crippen molar-refractivity contribution in [3.8, 4) is 0 Å². The maximum absolute atomic E-state index is 12.5. The predicted octanol–water partition coefficient (Wildman–Crippen LogP) is 1.42. The highest BCUT2D eigenvalue weighted by Gasteiger charge is 2.26. The van der Waals surface area contributed by atoms with Crippen LogP contribution in [0.1, 0.15) is 37.7 Å². The van der Waals surface area contributed by atoms with Crippen LogP contribution in [-0.2, 0) is 39.3 Å². The summed E-state index contributed by atoms with van der Waals surface area (Å²) in [6.45, 7) is 1.94. The van der Waals surface area contributed by atoms with E-state index < -0.39 is 42.1 Å². The summed E-state index contributed by atoms with van der Waals surface area (Å²) in [5.41, 5.74) is 7.07. The quantitative estimate of drug-likeness (QED) is 0.125. The molecule has 0 aliphatic heterocycles. The van der Waals surface area contributed by atoms with Gasteiger partial charge in [0.25, 0.3) is 0 Å². The molecule has 2 rings (SSSR count). The number of fused-ring (bicyclic) bond motifs is 1. The molecule has 0 bridgehead atoms. The number of hydrogen-bond acceptors (Lipinski definition) is 9. The number of unbranched alkanes of at least 4 members (excludes halogenated alkanes) is 1. The monoisotopic (exact) mass is 606 g/mol. The maximum atomic E-state index is 12.5. The van der Waals surface area contributed by atoms with Gasteiger partial charge < -0.3 is 35.4 Å². The average Bonchev–Trinajstić information content (AvgIpc) is 2.97. The largest absolute Gasteiger partial charge is 0.539 e. The summed E-state index contributed by atoms with van der Waals surface area (Å²) in [5.74, 6) is -2.30. The number of carbonyl (C=O) groups is 5. The molecule has 5 atom stereocenters. The maximum Gasteiger partial charge on any atom is 0.340 e. The summed E-state index contributed by atoms with van der Waals surface area (Å²) in [6, 6.07) is 10.3. The van der Waals surface area contributed by atoms with Crippen molar-refractivity contribution >= 4 is 67.0 Å². The molecule has 15 heteroatoms. The number of carbonyl (C=O) groups excluding carboxylic acids is 5. The molecule has 0 heterocycles. The van der Waals surface area contributed by atoms with Crippen LogP contribution in [0.4, 0.5) is 4.79 Å². The third kappa shape index (κ3) is 12.0. The van der Waals surface area contributed by atoms with Crippen molar-refractivity contribution in [1.29, 1.82) is 0 Å². The second-order valence-corrected chi connectivity index (χ2v) is 9.69. The van der Waals surface area contributed by atoms with Crippen molar-refractivity contribution in [1.82, 2.24) is 16.0 Å². The first kappa shape index (κ1) is 33.9. The molecule has 0 aliphatic rings. The van der Waals surface area contributed by atoms with Gasteiger partial charge in [-0.05, 0) is 48.4 Å². The van der Waals surface area contributed by atoms with Crippen molar-refractivity contribution in [2.24, 2.45) is 5.73 Å². The van der Waals surface area contributed by atoms with E-state index in [0.29, 0.717) is 25.8 Å². The Kier molecular flexibility index (Phi) is 15.1. The first-order chi connectivity index (χ1) is 19.7. The summed E-state index contributed by atoms with van der Waals surface area (Å²) >= 11 is 0. The molecule has 0 aliphatic carbocycles. The zero-order valence-corrected chi connectivity index (χ0v) is 25.2. The van der Waals surface area contributed by atoms with Gasteiger partial charge in [0.1, 0.15) is 12.1 Å². The van der Waals surface area contributed by atoms with Crippen LogP contribution in [0.15, 0.2) is 42.5 Å². The Balaban J connectivity index is 1.80. The van der Waals surface area contributed by atoms with Gasteiger partial charge in [0.15, 0.2) is 0 Å². The van der Waals surface area contributed by atoms with Crippen LogP contribution >= 0.6 is 18.9 Å². The van der Waals surface area contributed by atoms with Crippen molar-refractivity contribution in [2.75, 3.05) is 6.54 Å². The van der Waals surface area contributed by atoms with E-state index in [4.69, 9.17) is 14.9 Å². The van der Waals surface area contributed by atoms with E-state index in [1.807, 2.05) is 61.4 Å². The smallest absolute Gasteiger partial charge is 0.340 e. The van der Waals surface area contributed by atoms with Crippen LogP contribution in [0.5, 0.6) is 0 Å². The zero-order chi connectivity index (χ0) is 30.2. The van der Waals surface area contributed by atoms with Gasteiger partial charge in [-0.15, -0.1) is 0 Å². The molecule has 222 valence electrons. The van der Waals surface area contributed by atoms with E-state index in [-0.39, 0.29) is 32.7 Å². The summed E-state index contributed by atoms with van der Waals surface area (Å²) in [7, 11) is 3.73. The van der Waals surface area contributed by atoms with Crippen LogP contribution in [0.3, 0.4) is 0 Å². The van der Waals surface area contributed by atoms with Crippen molar-refractivity contribution < 1.29 is 37.7 Å². The van der Waals surface area contributed by atoms with E-state index in [0.717, 1.165) is 16.3 Å². The molecule has 0 aromatic heterocycles. The summed E-state index contributed by atoms with van der Waals surface area (Å²) in [4.78, 5) is 60.9. The molecule has 0 radical (unpaired) electrons. The first-order valence-corrected chi connectivity index (χ1v) is 14.2. The van der Waals surface area contributed by atoms with Gasteiger partial charge in [-0.2, -0.15) is 0 Å². The Morgan fingerprint density at radius 2 is 1.59 bits per heavy atom. The van der Waals surface area contributed by atoms with E-state index in [9.17, 15) is 24.0 Å². The van der Waals surface area contributed by atoms with Crippen LogP contribution in [0.2, 0.25) is 6.82 Å². The normalized spacial score (nSPS) is 12.8. The highest BCUT2D eigenvalue weighted by atomic mass is 31.0. The van der Waals surface area contributed by atoms with Crippen molar-refractivity contribution in [3.05, 3.63) is 48.0 Å². The minimum atomic E-state index is -1.12. The third-order valence-corrected chi connectivity index (χ3v) is 6.67. The Bertz CT molecular complexity index is 1210. The Morgan fingerprint density at radius 1 is 0.902 bits per heavy atom. The van der Waals surface area contributed by atoms with Crippen LogP contribution in [-0.4, -0.2) is 62.0 Å². The number of rotatable bonds is 16. The second-order valence-electron chi connectivity index (χ2n) is 9.22. The van der Waals surface area contributed by atoms with Crippen molar-refractivity contribution in [2.45, 2.75) is 63.5 Å². The van der Waals surface area contributed by atoms with Crippen LogP contribution in [0, 0.1) is 0 Å².